The summed E-state index contributed by atoms with van der Waals surface area (Å²) in [5.41, 5.74) is 12.3. The highest BCUT2D eigenvalue weighted by Crippen LogP contribution is 2.34. The number of carbonyl (C=O) groups is 6. The molecule has 4 aromatic heterocycles. The molecule has 3 aliphatic heterocycles. The maximum Gasteiger partial charge on any atom is 0.354 e. The van der Waals surface area contributed by atoms with Gasteiger partial charge >= 0.3 is 17.9 Å². The molecule has 4 aliphatic rings. The summed E-state index contributed by atoms with van der Waals surface area (Å²) in [6, 6.07) is 36.0. The number of nitrogens with two attached hydrogens (primary N) is 1. The van der Waals surface area contributed by atoms with E-state index in [1.807, 2.05) is 102 Å². The molecule has 118 heavy (non-hydrogen) atoms. The highest BCUT2D eigenvalue weighted by Gasteiger charge is 2.36. The van der Waals surface area contributed by atoms with Gasteiger partial charge in [-0.05, 0) is 122 Å². The summed E-state index contributed by atoms with van der Waals surface area (Å²) >= 11 is 3.68. The van der Waals surface area contributed by atoms with Crippen molar-refractivity contribution in [3.05, 3.63) is 184 Å². The maximum absolute atomic E-state index is 13.5. The number of amides is 2. The lowest BCUT2D eigenvalue weighted by Crippen LogP contribution is -2.36. The number of ketones is 1. The van der Waals surface area contributed by atoms with E-state index in [4.69, 9.17) is 48.4 Å². The van der Waals surface area contributed by atoms with Crippen LogP contribution in [-0.4, -0.2) is 296 Å². The number of thioether (sulfide) groups is 2. The van der Waals surface area contributed by atoms with Gasteiger partial charge in [-0.1, -0.05) is 72.9 Å². The Kier molecular flexibility index (Phi) is 44.6. The van der Waals surface area contributed by atoms with E-state index < -0.39 is 17.9 Å². The summed E-state index contributed by atoms with van der Waals surface area (Å²) in [5, 5.41) is 31.1. The lowest BCUT2D eigenvalue weighted by molar-refractivity contribution is -0.125. The van der Waals surface area contributed by atoms with Crippen LogP contribution in [0.15, 0.2) is 121 Å². The van der Waals surface area contributed by atoms with Gasteiger partial charge < -0.3 is 73.9 Å². The van der Waals surface area contributed by atoms with Gasteiger partial charge in [-0.2, -0.15) is 37.0 Å². The molecule has 642 valence electrons. The molecular formula is C86H117N11O18S3. The van der Waals surface area contributed by atoms with Crippen molar-refractivity contribution in [2.75, 3.05) is 192 Å². The van der Waals surface area contributed by atoms with Gasteiger partial charge in [0, 0.05) is 127 Å². The van der Waals surface area contributed by atoms with Gasteiger partial charge in [-0.15, -0.1) is 0 Å². The zero-order valence-corrected chi connectivity index (χ0v) is 70.4. The number of fused-ring (bicyclic) bond motifs is 3. The molecule has 29 nitrogen and oxygen atoms in total. The number of benzene rings is 2. The van der Waals surface area contributed by atoms with Crippen LogP contribution >= 0.6 is 37.0 Å². The number of hydrogen-bond donors (Lipinski definition) is 5. The Labute approximate surface area is 708 Å². The third kappa shape index (κ3) is 35.8. The van der Waals surface area contributed by atoms with Crippen LogP contribution in [0.5, 0.6) is 0 Å². The second kappa shape index (κ2) is 55.1. The molecule has 6 aromatic rings. The molecule has 10 rings (SSSR count). The molecule has 3 fully saturated rings. The number of Topliss-reactive ketones (excluding diaryl/α,β-unsaturated/α-hetero) is 1. The van der Waals surface area contributed by atoms with Gasteiger partial charge in [0.1, 0.15) is 22.8 Å². The second-order valence-electron chi connectivity index (χ2n) is 28.7. The van der Waals surface area contributed by atoms with Gasteiger partial charge in [0.05, 0.1) is 152 Å². The van der Waals surface area contributed by atoms with Crippen molar-refractivity contribution in [3.8, 4) is 11.8 Å². The third-order valence-electron chi connectivity index (χ3n) is 19.7. The molecule has 0 spiro atoms. The van der Waals surface area contributed by atoms with Crippen molar-refractivity contribution < 1.29 is 86.7 Å². The predicted octanol–water partition coefficient (Wildman–Crippen LogP) is 8.10. The number of ether oxygens (including phenoxy) is 9. The van der Waals surface area contributed by atoms with Crippen molar-refractivity contribution in [2.45, 2.75) is 103 Å². The first-order chi connectivity index (χ1) is 57.1. The SMILES string of the molecule is CC(=O)c1cccc(CN2CCOCCOCCN(Cc3cccc(C(=O)O)n3)CCOC3CC(CSCCOCCNC(=O)CCC(=O)N4Cc5ccccc5C#Cc5ccccc54)CC3OCC2)n1.NCCCCCSC[C@@H]1COCCN(Cc2cccc(C(=O)O)n2)CCOCCOCCN(Cc2cccc(C(=O)O)n2)CCO1.S. The zero-order valence-electron chi connectivity index (χ0n) is 67.7. The van der Waals surface area contributed by atoms with Gasteiger partial charge in [-0.25, -0.2) is 34.3 Å². The van der Waals surface area contributed by atoms with Crippen molar-refractivity contribution in [2.24, 2.45) is 11.7 Å². The van der Waals surface area contributed by atoms with E-state index in [1.165, 1.54) is 25.1 Å². The van der Waals surface area contributed by atoms with E-state index in [2.05, 4.69) is 56.7 Å². The molecule has 2 saturated heterocycles. The summed E-state index contributed by atoms with van der Waals surface area (Å²) in [6.07, 6.45) is 4.80. The Morgan fingerprint density at radius 2 is 0.941 bits per heavy atom. The number of aromatic nitrogens is 4. The van der Waals surface area contributed by atoms with E-state index in [-0.39, 0.29) is 79.3 Å². The monoisotopic (exact) mass is 1690 g/mol. The van der Waals surface area contributed by atoms with Crippen molar-refractivity contribution in [3.63, 3.8) is 0 Å². The fourth-order valence-electron chi connectivity index (χ4n) is 13.5. The number of hydrogen-bond acceptors (Lipinski definition) is 26. The molecule has 0 radical (unpaired) electrons. The van der Waals surface area contributed by atoms with Gasteiger partial charge in [0.25, 0.3) is 0 Å². The minimum atomic E-state index is -1.06. The topological polar surface area (TPSA) is 352 Å². The number of para-hydroxylation sites is 1. The molecule has 2 amide bonds. The lowest BCUT2D eigenvalue weighted by atomic mass is 10.0. The Morgan fingerprint density at radius 3 is 1.45 bits per heavy atom. The molecule has 2 aromatic carbocycles. The Hall–Kier alpha value is -7.89. The summed E-state index contributed by atoms with van der Waals surface area (Å²) in [6.45, 7) is 16.8. The highest BCUT2D eigenvalue weighted by atomic mass is 32.2. The number of nitrogens with one attached hydrogen (secondary N) is 1. The zero-order chi connectivity index (χ0) is 82.4. The predicted molar refractivity (Wildman–Crippen MR) is 456 cm³/mol. The second-order valence-corrected chi connectivity index (χ2v) is 31.0. The standard InChI is InChI=1S/C54H66N6O10S.C32H49N5O8S.H2S/c1-40(61)47-13-6-11-45(56-47)37-58-21-26-67-30-31-68-27-22-59(38-46-12-7-14-48(57-46)54(64)65)24-29-70-51-35-41(34-50(51)69-28-23-58)39-71-33-32-66-25-20-55-52(62)18-19-53(63)60-36-44-10-3-2-8-42(44)16-17-43-9-4-5-15-49(43)60;33-10-2-1-3-21-46-25-28-24-44-17-13-36(22-26-6-4-8-29(34-26)31(38)39)11-15-42-19-20-43-16-12-37(14-18-45-28)23-27-7-5-9-30(35-27)32(40)41;/h2-15,41,50-51H,18-39H2,1H3,(H,55,62)(H,64,65);4-9,28H,1-3,10-25,33H2,(H,38,39)(H,40,41);1H2/t;28-;/m.0./s1. The van der Waals surface area contributed by atoms with Crippen LogP contribution in [0.25, 0.3) is 0 Å². The first kappa shape index (κ1) is 95.6. The quantitative estimate of drug-likeness (QED) is 0.0161. The summed E-state index contributed by atoms with van der Waals surface area (Å²) in [5.74, 6) is 6.80. The molecule has 0 bridgehead atoms. The van der Waals surface area contributed by atoms with Crippen LogP contribution < -0.4 is 16.0 Å². The van der Waals surface area contributed by atoms with E-state index in [0.29, 0.717) is 226 Å². The number of pyridine rings is 4. The van der Waals surface area contributed by atoms with E-state index in [1.54, 1.807) is 29.2 Å². The van der Waals surface area contributed by atoms with Gasteiger partial charge in [-0.3, -0.25) is 34.0 Å². The molecule has 32 heteroatoms. The minimum absolute atomic E-state index is 0. The number of unbranched alkanes of at least 4 members (excludes halogenated alkanes) is 2. The summed E-state index contributed by atoms with van der Waals surface area (Å²) < 4.78 is 55.2. The third-order valence-corrected chi connectivity index (χ3v) is 22.1. The van der Waals surface area contributed by atoms with Crippen LogP contribution in [0.4, 0.5) is 5.69 Å². The summed E-state index contributed by atoms with van der Waals surface area (Å²) in [7, 11) is 0. The van der Waals surface area contributed by atoms with E-state index in [9.17, 15) is 44.1 Å². The van der Waals surface area contributed by atoms with Crippen LogP contribution in [-0.2, 0) is 84.9 Å². The lowest BCUT2D eigenvalue weighted by Gasteiger charge is -2.27. The first-order valence-electron chi connectivity index (χ1n) is 40.5. The maximum atomic E-state index is 13.5. The minimum Gasteiger partial charge on any atom is -0.477 e. The average Bonchev–Trinajstić information content (AvgIpc) is 0.997. The molecular weight excluding hydrogens is 1570 g/mol. The number of carboxylic acids is 3. The number of nitrogens with zero attached hydrogens (tertiary/aromatic N) is 9. The number of anilines is 1. The molecule has 1 aliphatic carbocycles. The number of aromatic carboxylic acids is 3. The van der Waals surface area contributed by atoms with Gasteiger partial charge in [0.15, 0.2) is 5.78 Å². The molecule has 7 heterocycles. The molecule has 3 unspecified atom stereocenters. The molecule has 4 atom stereocenters. The fourth-order valence-corrected chi connectivity index (χ4v) is 15.5. The highest BCUT2D eigenvalue weighted by molar-refractivity contribution is 7.99. The van der Waals surface area contributed by atoms with E-state index >= 15 is 0 Å². The Morgan fingerprint density at radius 1 is 0.492 bits per heavy atom. The normalized spacial score (nSPS) is 19.1. The first-order valence-corrected chi connectivity index (χ1v) is 42.8. The average molecular weight is 1690 g/mol. The van der Waals surface area contributed by atoms with E-state index in [0.717, 1.165) is 83.2 Å². The summed E-state index contributed by atoms with van der Waals surface area (Å²) in [4.78, 5) is 101. The van der Waals surface area contributed by atoms with Crippen LogP contribution in [0.2, 0.25) is 0 Å². The van der Waals surface area contributed by atoms with Crippen molar-refractivity contribution in [1.82, 2.24) is 44.9 Å². The molecule has 1 saturated carbocycles. The van der Waals surface area contributed by atoms with Crippen LogP contribution in [0, 0.1) is 17.8 Å². The van der Waals surface area contributed by atoms with Crippen molar-refractivity contribution in [1.29, 1.82) is 0 Å². The largest absolute Gasteiger partial charge is 0.477 e. The Bertz CT molecular complexity index is 4010. The van der Waals surface area contributed by atoms with Crippen molar-refractivity contribution >= 4 is 78.2 Å². The van der Waals surface area contributed by atoms with Crippen LogP contribution in [0.1, 0.15) is 133 Å². The smallest absolute Gasteiger partial charge is 0.354 e. The fraction of sp³-hybridized carbons (Fsp3) is 0.535. The number of carboxylic acid groups (broad SMARTS) is 3. The van der Waals surface area contributed by atoms with Gasteiger partial charge in [0.2, 0.25) is 11.8 Å². The van der Waals surface area contributed by atoms with Crippen LogP contribution in [0.3, 0.4) is 0 Å². The molecule has 6 N–H and O–H groups in total. The number of rotatable bonds is 30. The number of carbonyl (C=O) groups excluding carboxylic acids is 3. The Balaban J connectivity index is 0.000000320.